The van der Waals surface area contributed by atoms with E-state index in [0.717, 1.165) is 111 Å². The third-order valence-corrected chi connectivity index (χ3v) is 10.0. The predicted octanol–water partition coefficient (Wildman–Crippen LogP) is 12.8. The number of benzene rings is 6. The number of aromatic nitrogens is 2. The second-order valence-corrected chi connectivity index (χ2v) is 12.9. The predicted molar refractivity (Wildman–Crippen MR) is 206 cm³/mol. The van der Waals surface area contributed by atoms with Crippen molar-refractivity contribution < 1.29 is 13.3 Å². The van der Waals surface area contributed by atoms with Crippen molar-refractivity contribution in [3.8, 4) is 44.5 Å². The van der Waals surface area contributed by atoms with E-state index >= 15 is 0 Å². The van der Waals surface area contributed by atoms with Gasteiger partial charge in [-0.15, -0.1) is 0 Å². The lowest BCUT2D eigenvalue weighted by Gasteiger charge is -2.04. The summed E-state index contributed by atoms with van der Waals surface area (Å²) in [5.74, 6) is 0. The molecule has 0 spiro atoms. The molecule has 0 aliphatic rings. The number of furan rings is 3. The van der Waals surface area contributed by atoms with Crippen LogP contribution in [0, 0.1) is 0 Å². The lowest BCUT2D eigenvalue weighted by atomic mass is 9.99. The summed E-state index contributed by atoms with van der Waals surface area (Å²) in [7, 11) is 0. The Morgan fingerprint density at radius 2 is 0.804 bits per heavy atom. The van der Waals surface area contributed by atoms with E-state index in [1.165, 1.54) is 0 Å². The van der Waals surface area contributed by atoms with Gasteiger partial charge in [0, 0.05) is 61.8 Å². The first-order chi connectivity index (χ1) is 25.3. The molecule has 0 aliphatic carbocycles. The summed E-state index contributed by atoms with van der Waals surface area (Å²) in [6.45, 7) is 0. The number of hydrogen-bond donors (Lipinski definition) is 0. The smallest absolute Gasteiger partial charge is 0.161 e. The molecule has 0 amide bonds. The molecule has 0 unspecified atom stereocenters. The van der Waals surface area contributed by atoms with Gasteiger partial charge in [0.15, 0.2) is 11.2 Å². The maximum absolute atomic E-state index is 6.71. The van der Waals surface area contributed by atoms with E-state index in [1.807, 2.05) is 67.0 Å². The standard InChI is InChI=1S/C46H26N2O3/c1-3-10-27(11-4-1)30-14-7-18-36-40-45(50-42(30)36)32(22-24-47-40)29-20-21-39-38(26-29)34-17-9-16-33(44(34)49-39)35-23-25-48-41-37-19-8-15-31(43(37)51-46(35)41)28-12-5-2-6-13-28/h1-26H. The molecule has 11 aromatic rings. The van der Waals surface area contributed by atoms with Gasteiger partial charge in [-0.3, -0.25) is 9.97 Å². The first kappa shape index (κ1) is 27.9. The maximum atomic E-state index is 6.71. The van der Waals surface area contributed by atoms with Crippen molar-refractivity contribution in [2.45, 2.75) is 0 Å². The molecule has 0 saturated carbocycles. The van der Waals surface area contributed by atoms with Gasteiger partial charge in [-0.05, 0) is 53.1 Å². The Hall–Kier alpha value is -6.98. The zero-order valence-electron chi connectivity index (χ0n) is 27.1. The SMILES string of the molecule is c1ccc(-c2cccc3c2oc2c(-c4ccc5oc6c(-c7ccnc8c7oc7c(-c9ccccc9)cccc78)cccc6c5c4)ccnc23)cc1. The molecule has 0 atom stereocenters. The van der Waals surface area contributed by atoms with Crippen LogP contribution in [0.25, 0.3) is 111 Å². The summed E-state index contributed by atoms with van der Waals surface area (Å²) in [5.41, 5.74) is 14.7. The van der Waals surface area contributed by atoms with E-state index in [9.17, 15) is 0 Å². The fraction of sp³-hybridized carbons (Fsp3) is 0. The Labute approximate surface area is 291 Å². The number of pyridine rings is 2. The number of para-hydroxylation sites is 3. The van der Waals surface area contributed by atoms with E-state index in [4.69, 9.17) is 23.2 Å². The van der Waals surface area contributed by atoms with E-state index < -0.39 is 0 Å². The van der Waals surface area contributed by atoms with Gasteiger partial charge in [0.05, 0.1) is 0 Å². The first-order valence-electron chi connectivity index (χ1n) is 17.0. The van der Waals surface area contributed by atoms with Gasteiger partial charge in [0.1, 0.15) is 33.4 Å². The van der Waals surface area contributed by atoms with E-state index in [2.05, 4.69) is 91.0 Å². The van der Waals surface area contributed by atoms with Crippen LogP contribution < -0.4 is 0 Å². The molecule has 238 valence electrons. The lowest BCUT2D eigenvalue weighted by Crippen LogP contribution is -1.82. The van der Waals surface area contributed by atoms with Crippen molar-refractivity contribution in [1.82, 2.24) is 9.97 Å². The van der Waals surface area contributed by atoms with Crippen LogP contribution >= 0.6 is 0 Å². The zero-order chi connectivity index (χ0) is 33.5. The molecule has 0 radical (unpaired) electrons. The highest BCUT2D eigenvalue weighted by Gasteiger charge is 2.21. The second kappa shape index (κ2) is 10.8. The van der Waals surface area contributed by atoms with E-state index in [0.29, 0.717) is 0 Å². The Morgan fingerprint density at radius 3 is 1.43 bits per heavy atom. The molecule has 0 aliphatic heterocycles. The summed E-state index contributed by atoms with van der Waals surface area (Å²) >= 11 is 0. The molecule has 5 heteroatoms. The zero-order valence-corrected chi connectivity index (χ0v) is 27.1. The topological polar surface area (TPSA) is 65.2 Å². The van der Waals surface area contributed by atoms with Gasteiger partial charge in [-0.2, -0.15) is 0 Å². The van der Waals surface area contributed by atoms with Crippen LogP contribution in [0.1, 0.15) is 0 Å². The van der Waals surface area contributed by atoms with Crippen LogP contribution in [0.2, 0.25) is 0 Å². The molecule has 5 heterocycles. The van der Waals surface area contributed by atoms with Crippen LogP contribution in [-0.2, 0) is 0 Å². The number of fused-ring (bicyclic) bond motifs is 9. The molecule has 6 aromatic carbocycles. The van der Waals surface area contributed by atoms with Crippen LogP contribution in [0.15, 0.2) is 171 Å². The van der Waals surface area contributed by atoms with Crippen LogP contribution in [0.4, 0.5) is 0 Å². The van der Waals surface area contributed by atoms with Crippen LogP contribution in [-0.4, -0.2) is 9.97 Å². The summed E-state index contributed by atoms with van der Waals surface area (Å²) < 4.78 is 20.0. The van der Waals surface area contributed by atoms with E-state index in [-0.39, 0.29) is 0 Å². The summed E-state index contributed by atoms with van der Waals surface area (Å²) in [6, 6.07) is 49.8. The summed E-state index contributed by atoms with van der Waals surface area (Å²) in [4.78, 5) is 9.56. The highest BCUT2D eigenvalue weighted by molar-refractivity contribution is 6.16. The van der Waals surface area contributed by atoms with Crippen LogP contribution in [0.3, 0.4) is 0 Å². The normalized spacial score (nSPS) is 11.9. The minimum atomic E-state index is 0.739. The molecule has 0 fully saturated rings. The molecular formula is C46H26N2O3. The highest BCUT2D eigenvalue weighted by atomic mass is 16.3. The maximum Gasteiger partial charge on any atom is 0.161 e. The van der Waals surface area contributed by atoms with Crippen molar-refractivity contribution in [2.75, 3.05) is 0 Å². The number of nitrogens with zero attached hydrogens (tertiary/aromatic N) is 2. The Kier molecular flexibility index (Phi) is 5.89. The fourth-order valence-corrected chi connectivity index (χ4v) is 7.67. The molecular weight excluding hydrogens is 629 g/mol. The van der Waals surface area contributed by atoms with E-state index in [1.54, 1.807) is 0 Å². The van der Waals surface area contributed by atoms with Gasteiger partial charge in [-0.25, -0.2) is 0 Å². The molecule has 5 nitrogen and oxygen atoms in total. The molecule has 0 saturated heterocycles. The van der Waals surface area contributed by atoms with Crippen molar-refractivity contribution >= 4 is 66.1 Å². The fourth-order valence-electron chi connectivity index (χ4n) is 7.67. The van der Waals surface area contributed by atoms with Gasteiger partial charge in [0.2, 0.25) is 0 Å². The summed E-state index contributed by atoms with van der Waals surface area (Å²) in [6.07, 6.45) is 3.72. The van der Waals surface area contributed by atoms with Crippen molar-refractivity contribution in [1.29, 1.82) is 0 Å². The highest BCUT2D eigenvalue weighted by Crippen LogP contribution is 2.44. The molecule has 0 N–H and O–H groups in total. The molecule has 5 aromatic heterocycles. The van der Waals surface area contributed by atoms with Gasteiger partial charge >= 0.3 is 0 Å². The van der Waals surface area contributed by atoms with Crippen molar-refractivity contribution in [3.63, 3.8) is 0 Å². The minimum absolute atomic E-state index is 0.739. The first-order valence-corrected chi connectivity index (χ1v) is 17.0. The molecule has 51 heavy (non-hydrogen) atoms. The molecule has 0 bridgehead atoms. The third-order valence-electron chi connectivity index (χ3n) is 10.0. The Balaban J connectivity index is 1.08. The summed E-state index contributed by atoms with van der Waals surface area (Å²) in [5, 5.41) is 4.03. The Bertz CT molecular complexity index is 3130. The van der Waals surface area contributed by atoms with Gasteiger partial charge in [-0.1, -0.05) is 109 Å². The quantitative estimate of drug-likeness (QED) is 0.189. The minimum Gasteiger partial charge on any atom is -0.455 e. The molecule has 11 rings (SSSR count). The number of hydrogen-bond acceptors (Lipinski definition) is 5. The number of rotatable bonds is 4. The van der Waals surface area contributed by atoms with Crippen molar-refractivity contribution in [3.05, 3.63) is 158 Å². The second-order valence-electron chi connectivity index (χ2n) is 12.9. The third kappa shape index (κ3) is 4.15. The van der Waals surface area contributed by atoms with Crippen molar-refractivity contribution in [2.24, 2.45) is 0 Å². The van der Waals surface area contributed by atoms with Crippen LogP contribution in [0.5, 0.6) is 0 Å². The lowest BCUT2D eigenvalue weighted by molar-refractivity contribution is 0.665. The van der Waals surface area contributed by atoms with Gasteiger partial charge < -0.3 is 13.3 Å². The average molecular weight is 655 g/mol. The largest absolute Gasteiger partial charge is 0.455 e. The average Bonchev–Trinajstić information content (AvgIpc) is 3.90. The monoisotopic (exact) mass is 654 g/mol. The van der Waals surface area contributed by atoms with Gasteiger partial charge in [0.25, 0.3) is 0 Å². The Morgan fingerprint density at radius 1 is 0.314 bits per heavy atom.